The van der Waals surface area contributed by atoms with E-state index in [2.05, 4.69) is 17.3 Å². The highest BCUT2D eigenvalue weighted by atomic mass is 16.3. The number of rotatable bonds is 4. The number of benzene rings is 2. The van der Waals surface area contributed by atoms with Crippen LogP contribution in [0.4, 0.5) is 5.69 Å². The van der Waals surface area contributed by atoms with Crippen molar-refractivity contribution >= 4 is 17.5 Å². The molecule has 1 saturated heterocycles. The van der Waals surface area contributed by atoms with Crippen LogP contribution in [-0.2, 0) is 6.54 Å². The molecule has 0 aliphatic carbocycles. The number of amides is 2. The number of nitrogens with zero attached hydrogens (tertiary/aromatic N) is 2. The molecule has 0 spiro atoms. The third-order valence-corrected chi connectivity index (χ3v) is 4.71. The lowest BCUT2D eigenvalue weighted by molar-refractivity contribution is 0.0664. The van der Waals surface area contributed by atoms with Crippen molar-refractivity contribution in [3.8, 4) is 5.75 Å². The van der Waals surface area contributed by atoms with Crippen molar-refractivity contribution in [2.75, 3.05) is 39.0 Å². The van der Waals surface area contributed by atoms with Gasteiger partial charge >= 0.3 is 0 Å². The van der Waals surface area contributed by atoms with Crippen LogP contribution < -0.4 is 11.1 Å². The average Bonchev–Trinajstić information content (AvgIpc) is 2.66. The molecule has 1 fully saturated rings. The van der Waals surface area contributed by atoms with Gasteiger partial charge < -0.3 is 26.0 Å². The van der Waals surface area contributed by atoms with Gasteiger partial charge in [0.15, 0.2) is 0 Å². The molecule has 0 bridgehead atoms. The number of likely N-dealkylation sites (N-methyl/N-ethyl adjacent to an activating group) is 1. The molecule has 1 aliphatic heterocycles. The summed E-state index contributed by atoms with van der Waals surface area (Å²) in [7, 11) is 2.05. The van der Waals surface area contributed by atoms with Gasteiger partial charge in [-0.3, -0.25) is 9.59 Å². The molecular formula is C20H24N4O3. The van der Waals surface area contributed by atoms with Crippen LogP contribution in [0.25, 0.3) is 0 Å². The number of phenols is 1. The van der Waals surface area contributed by atoms with Crippen LogP contribution in [0, 0.1) is 0 Å². The van der Waals surface area contributed by atoms with Crippen molar-refractivity contribution in [1.29, 1.82) is 0 Å². The van der Waals surface area contributed by atoms with Gasteiger partial charge in [-0.15, -0.1) is 0 Å². The van der Waals surface area contributed by atoms with E-state index in [1.807, 2.05) is 17.0 Å². The first kappa shape index (κ1) is 18.7. The van der Waals surface area contributed by atoms with E-state index < -0.39 is 0 Å². The Morgan fingerprint density at radius 3 is 2.37 bits per heavy atom. The van der Waals surface area contributed by atoms with E-state index in [-0.39, 0.29) is 23.1 Å². The minimum Gasteiger partial charge on any atom is -0.507 e. The van der Waals surface area contributed by atoms with Crippen molar-refractivity contribution in [1.82, 2.24) is 15.1 Å². The number of anilines is 1. The van der Waals surface area contributed by atoms with Crippen LogP contribution in [-0.4, -0.2) is 59.9 Å². The van der Waals surface area contributed by atoms with Gasteiger partial charge in [0.25, 0.3) is 11.8 Å². The Balaban J connectivity index is 1.57. The number of aromatic hydroxyl groups is 1. The van der Waals surface area contributed by atoms with Crippen LogP contribution in [0.3, 0.4) is 0 Å². The first-order chi connectivity index (χ1) is 12.9. The zero-order valence-corrected chi connectivity index (χ0v) is 15.3. The molecule has 2 aromatic rings. The normalized spacial score (nSPS) is 14.8. The molecule has 0 atom stereocenters. The molecule has 4 N–H and O–H groups in total. The highest BCUT2D eigenvalue weighted by Crippen LogP contribution is 2.20. The second-order valence-electron chi connectivity index (χ2n) is 6.75. The van der Waals surface area contributed by atoms with Crippen LogP contribution >= 0.6 is 0 Å². The number of piperazine rings is 1. The molecule has 142 valence electrons. The monoisotopic (exact) mass is 368 g/mol. The van der Waals surface area contributed by atoms with E-state index in [4.69, 9.17) is 5.73 Å². The number of hydrogen-bond acceptors (Lipinski definition) is 5. The lowest BCUT2D eigenvalue weighted by Crippen LogP contribution is -2.47. The minimum atomic E-state index is -0.384. The SMILES string of the molecule is CN1CCN(C(=O)c2ccc(CNC(=O)c3ccc(N)cc3O)cc2)CC1. The van der Waals surface area contributed by atoms with Gasteiger partial charge in [0.1, 0.15) is 5.75 Å². The zero-order valence-electron chi connectivity index (χ0n) is 15.3. The van der Waals surface area contributed by atoms with Crippen molar-refractivity contribution < 1.29 is 14.7 Å². The number of nitrogen functional groups attached to an aromatic ring is 1. The number of hydrogen-bond donors (Lipinski definition) is 3. The van der Waals surface area contributed by atoms with Gasteiger partial charge in [-0.05, 0) is 36.9 Å². The number of nitrogens with one attached hydrogen (secondary N) is 1. The minimum absolute atomic E-state index is 0.0329. The molecule has 2 aromatic carbocycles. The van der Waals surface area contributed by atoms with Gasteiger partial charge in [-0.2, -0.15) is 0 Å². The molecule has 0 unspecified atom stereocenters. The Morgan fingerprint density at radius 1 is 1.07 bits per heavy atom. The Hall–Kier alpha value is -3.06. The highest BCUT2D eigenvalue weighted by Gasteiger charge is 2.20. The summed E-state index contributed by atoms with van der Waals surface area (Å²) in [5.41, 5.74) is 7.65. The molecule has 2 amide bonds. The molecule has 0 aromatic heterocycles. The zero-order chi connectivity index (χ0) is 19.4. The van der Waals surface area contributed by atoms with Gasteiger partial charge in [-0.1, -0.05) is 12.1 Å². The van der Waals surface area contributed by atoms with Crippen molar-refractivity contribution in [3.63, 3.8) is 0 Å². The van der Waals surface area contributed by atoms with Gasteiger partial charge in [-0.25, -0.2) is 0 Å². The molecular weight excluding hydrogens is 344 g/mol. The molecule has 7 nitrogen and oxygen atoms in total. The van der Waals surface area contributed by atoms with Gasteiger partial charge in [0.05, 0.1) is 5.56 Å². The summed E-state index contributed by atoms with van der Waals surface area (Å²) >= 11 is 0. The van der Waals surface area contributed by atoms with Crippen LogP contribution in [0.5, 0.6) is 5.75 Å². The first-order valence-corrected chi connectivity index (χ1v) is 8.87. The fraction of sp³-hybridized carbons (Fsp3) is 0.300. The number of carbonyl (C=O) groups excluding carboxylic acids is 2. The highest BCUT2D eigenvalue weighted by molar-refractivity contribution is 5.97. The average molecular weight is 368 g/mol. The quantitative estimate of drug-likeness (QED) is 0.707. The predicted octanol–water partition coefficient (Wildman–Crippen LogP) is 1.29. The van der Waals surface area contributed by atoms with Gasteiger partial charge in [0.2, 0.25) is 0 Å². The Morgan fingerprint density at radius 2 is 1.74 bits per heavy atom. The first-order valence-electron chi connectivity index (χ1n) is 8.87. The Kier molecular flexibility index (Phi) is 5.61. The maximum atomic E-state index is 12.5. The fourth-order valence-electron chi connectivity index (χ4n) is 2.98. The Bertz CT molecular complexity index is 828. The summed E-state index contributed by atoms with van der Waals surface area (Å²) in [5.74, 6) is -0.504. The van der Waals surface area contributed by atoms with E-state index in [9.17, 15) is 14.7 Å². The maximum Gasteiger partial charge on any atom is 0.255 e. The fourth-order valence-corrected chi connectivity index (χ4v) is 2.98. The largest absolute Gasteiger partial charge is 0.507 e. The number of carbonyl (C=O) groups is 2. The Labute approximate surface area is 158 Å². The van der Waals surface area contributed by atoms with E-state index in [0.717, 1.165) is 31.7 Å². The van der Waals surface area contributed by atoms with Crippen LogP contribution in [0.2, 0.25) is 0 Å². The lowest BCUT2D eigenvalue weighted by Gasteiger charge is -2.32. The van der Waals surface area contributed by atoms with E-state index in [1.54, 1.807) is 18.2 Å². The molecule has 0 radical (unpaired) electrons. The van der Waals surface area contributed by atoms with E-state index in [1.165, 1.54) is 12.1 Å². The summed E-state index contributed by atoms with van der Waals surface area (Å²) in [6.07, 6.45) is 0. The smallest absolute Gasteiger partial charge is 0.255 e. The van der Waals surface area contributed by atoms with Crippen molar-refractivity contribution in [2.45, 2.75) is 6.54 Å². The van der Waals surface area contributed by atoms with Crippen molar-refractivity contribution in [2.24, 2.45) is 0 Å². The summed E-state index contributed by atoms with van der Waals surface area (Å²) in [6, 6.07) is 11.6. The number of nitrogens with two attached hydrogens (primary N) is 1. The second-order valence-corrected chi connectivity index (χ2v) is 6.75. The number of phenolic OH excluding ortho intramolecular Hbond substituents is 1. The predicted molar refractivity (Wildman–Crippen MR) is 104 cm³/mol. The molecule has 0 saturated carbocycles. The maximum absolute atomic E-state index is 12.5. The molecule has 7 heteroatoms. The topological polar surface area (TPSA) is 98.9 Å². The van der Waals surface area contributed by atoms with Gasteiger partial charge in [0, 0.05) is 50.0 Å². The van der Waals surface area contributed by atoms with E-state index in [0.29, 0.717) is 17.8 Å². The molecule has 27 heavy (non-hydrogen) atoms. The second kappa shape index (κ2) is 8.09. The summed E-state index contributed by atoms with van der Waals surface area (Å²) in [6.45, 7) is 3.53. The third-order valence-electron chi connectivity index (χ3n) is 4.71. The van der Waals surface area contributed by atoms with Crippen LogP contribution in [0.15, 0.2) is 42.5 Å². The van der Waals surface area contributed by atoms with Crippen LogP contribution in [0.1, 0.15) is 26.3 Å². The molecule has 1 heterocycles. The van der Waals surface area contributed by atoms with E-state index >= 15 is 0 Å². The van der Waals surface area contributed by atoms with Crippen molar-refractivity contribution in [3.05, 3.63) is 59.2 Å². The third kappa shape index (κ3) is 4.57. The standard InChI is InChI=1S/C20H24N4O3/c1-23-8-10-24(11-9-23)20(27)15-4-2-14(3-5-15)13-22-19(26)17-7-6-16(21)12-18(17)25/h2-7,12,25H,8-11,13,21H2,1H3,(H,22,26). The summed E-state index contributed by atoms with van der Waals surface area (Å²) < 4.78 is 0. The molecule has 1 aliphatic rings. The summed E-state index contributed by atoms with van der Waals surface area (Å²) in [4.78, 5) is 28.8. The lowest BCUT2D eigenvalue weighted by atomic mass is 10.1. The summed E-state index contributed by atoms with van der Waals surface area (Å²) in [5, 5.41) is 12.6. The molecule has 3 rings (SSSR count).